The SMILES string of the molecule is CCNC(C)c1cnc(-c2ccc(C3CC3C)o2)s1. The Bertz CT molecular complexity index is 560. The van der Waals surface area contributed by atoms with Gasteiger partial charge in [0.15, 0.2) is 10.8 Å². The van der Waals surface area contributed by atoms with Crippen LogP contribution in [0.5, 0.6) is 0 Å². The van der Waals surface area contributed by atoms with Crippen LogP contribution in [0.3, 0.4) is 0 Å². The van der Waals surface area contributed by atoms with Gasteiger partial charge >= 0.3 is 0 Å². The first-order valence-electron chi connectivity index (χ1n) is 6.98. The fourth-order valence-electron chi connectivity index (χ4n) is 2.39. The summed E-state index contributed by atoms with van der Waals surface area (Å²) in [7, 11) is 0. The van der Waals surface area contributed by atoms with Crippen LogP contribution in [-0.2, 0) is 0 Å². The van der Waals surface area contributed by atoms with E-state index < -0.39 is 0 Å². The minimum Gasteiger partial charge on any atom is -0.458 e. The normalized spacial score (nSPS) is 23.5. The summed E-state index contributed by atoms with van der Waals surface area (Å²) in [6.07, 6.45) is 3.21. The van der Waals surface area contributed by atoms with Gasteiger partial charge in [-0.3, -0.25) is 0 Å². The van der Waals surface area contributed by atoms with Crippen molar-refractivity contribution in [2.24, 2.45) is 5.92 Å². The Morgan fingerprint density at radius 2 is 2.32 bits per heavy atom. The lowest BCUT2D eigenvalue weighted by atomic mass is 10.3. The zero-order valence-electron chi connectivity index (χ0n) is 11.6. The largest absolute Gasteiger partial charge is 0.458 e. The molecule has 0 saturated heterocycles. The minimum absolute atomic E-state index is 0.356. The third-order valence-corrected chi connectivity index (χ3v) is 4.97. The van der Waals surface area contributed by atoms with Gasteiger partial charge in [-0.2, -0.15) is 0 Å². The molecule has 1 saturated carbocycles. The van der Waals surface area contributed by atoms with Gasteiger partial charge in [-0.25, -0.2) is 4.98 Å². The molecule has 0 bridgehead atoms. The summed E-state index contributed by atoms with van der Waals surface area (Å²) >= 11 is 1.71. The Balaban J connectivity index is 1.77. The smallest absolute Gasteiger partial charge is 0.162 e. The van der Waals surface area contributed by atoms with Gasteiger partial charge < -0.3 is 9.73 Å². The van der Waals surface area contributed by atoms with Gasteiger partial charge in [0, 0.05) is 23.0 Å². The second kappa shape index (κ2) is 5.10. The summed E-state index contributed by atoms with van der Waals surface area (Å²) in [4.78, 5) is 5.75. The number of thiazole rings is 1. The van der Waals surface area contributed by atoms with Gasteiger partial charge in [-0.1, -0.05) is 13.8 Å². The van der Waals surface area contributed by atoms with E-state index in [0.717, 1.165) is 29.0 Å². The van der Waals surface area contributed by atoms with E-state index in [1.807, 2.05) is 6.20 Å². The van der Waals surface area contributed by atoms with E-state index in [9.17, 15) is 0 Å². The molecule has 1 fully saturated rings. The van der Waals surface area contributed by atoms with Crippen molar-refractivity contribution in [3.8, 4) is 10.8 Å². The van der Waals surface area contributed by atoms with Gasteiger partial charge in [-0.05, 0) is 37.9 Å². The fourth-order valence-corrected chi connectivity index (χ4v) is 3.30. The number of furan rings is 1. The predicted octanol–water partition coefficient (Wildman–Crippen LogP) is 4.20. The summed E-state index contributed by atoms with van der Waals surface area (Å²) in [5.41, 5.74) is 0. The fraction of sp³-hybridized carbons (Fsp3) is 0.533. The van der Waals surface area contributed by atoms with Crippen LogP contribution in [0.1, 0.15) is 49.8 Å². The molecule has 0 spiro atoms. The molecule has 3 unspecified atom stereocenters. The molecule has 3 atom stereocenters. The molecule has 0 radical (unpaired) electrons. The Morgan fingerprint density at radius 3 is 3.00 bits per heavy atom. The number of hydrogen-bond donors (Lipinski definition) is 1. The Labute approximate surface area is 118 Å². The van der Waals surface area contributed by atoms with Crippen LogP contribution in [-0.4, -0.2) is 11.5 Å². The molecule has 1 aliphatic rings. The molecule has 0 aromatic carbocycles. The topological polar surface area (TPSA) is 38.1 Å². The van der Waals surface area contributed by atoms with E-state index in [-0.39, 0.29) is 0 Å². The van der Waals surface area contributed by atoms with Gasteiger partial charge in [0.2, 0.25) is 0 Å². The summed E-state index contributed by atoms with van der Waals surface area (Å²) in [6.45, 7) is 7.53. The molecule has 0 aliphatic heterocycles. The van der Waals surface area contributed by atoms with Crippen LogP contribution in [0.25, 0.3) is 10.8 Å². The number of nitrogens with one attached hydrogen (secondary N) is 1. The zero-order chi connectivity index (χ0) is 13.4. The molecule has 1 N–H and O–H groups in total. The maximum atomic E-state index is 5.94. The summed E-state index contributed by atoms with van der Waals surface area (Å²) in [5, 5.41) is 4.39. The monoisotopic (exact) mass is 276 g/mol. The summed E-state index contributed by atoms with van der Waals surface area (Å²) < 4.78 is 5.94. The number of aromatic nitrogens is 1. The van der Waals surface area contributed by atoms with E-state index in [0.29, 0.717) is 12.0 Å². The van der Waals surface area contributed by atoms with Crippen molar-refractivity contribution < 1.29 is 4.42 Å². The van der Waals surface area contributed by atoms with Crippen LogP contribution in [0.2, 0.25) is 0 Å². The van der Waals surface area contributed by atoms with E-state index in [2.05, 4.69) is 43.2 Å². The maximum absolute atomic E-state index is 5.94. The molecule has 3 rings (SSSR count). The standard InChI is InChI=1S/C15H20N2OS/c1-4-16-10(3)14-8-17-15(19-14)13-6-5-12(18-13)11-7-9(11)2/h5-6,8-11,16H,4,7H2,1-3H3. The van der Waals surface area contributed by atoms with E-state index in [1.54, 1.807) is 11.3 Å². The Hall–Kier alpha value is -1.13. The highest BCUT2D eigenvalue weighted by molar-refractivity contribution is 7.15. The van der Waals surface area contributed by atoms with Crippen molar-refractivity contribution in [1.29, 1.82) is 0 Å². The molecule has 2 heterocycles. The predicted molar refractivity (Wildman–Crippen MR) is 78.4 cm³/mol. The van der Waals surface area contributed by atoms with Crippen molar-refractivity contribution in [3.05, 3.63) is 29.0 Å². The molecule has 2 aromatic heterocycles. The molecule has 4 heteroatoms. The van der Waals surface area contributed by atoms with Crippen LogP contribution in [0.15, 0.2) is 22.7 Å². The molecule has 3 nitrogen and oxygen atoms in total. The molecule has 1 aliphatic carbocycles. The third-order valence-electron chi connectivity index (χ3n) is 3.77. The lowest BCUT2D eigenvalue weighted by Gasteiger charge is -2.07. The molecule has 0 amide bonds. The van der Waals surface area contributed by atoms with E-state index >= 15 is 0 Å². The van der Waals surface area contributed by atoms with Crippen molar-refractivity contribution in [3.63, 3.8) is 0 Å². The van der Waals surface area contributed by atoms with Crippen molar-refractivity contribution >= 4 is 11.3 Å². The summed E-state index contributed by atoms with van der Waals surface area (Å²) in [5.74, 6) is 3.45. The quantitative estimate of drug-likeness (QED) is 0.889. The average molecular weight is 276 g/mol. The first kappa shape index (κ1) is 12.9. The molecule has 2 aromatic rings. The maximum Gasteiger partial charge on any atom is 0.162 e. The molecule has 102 valence electrons. The highest BCUT2D eigenvalue weighted by Crippen LogP contribution is 2.48. The van der Waals surface area contributed by atoms with Crippen LogP contribution in [0.4, 0.5) is 0 Å². The van der Waals surface area contributed by atoms with Gasteiger partial charge in [0.05, 0.1) is 0 Å². The highest BCUT2D eigenvalue weighted by Gasteiger charge is 2.36. The van der Waals surface area contributed by atoms with E-state index in [4.69, 9.17) is 4.42 Å². The van der Waals surface area contributed by atoms with Crippen LogP contribution >= 0.6 is 11.3 Å². The third kappa shape index (κ3) is 2.60. The Kier molecular flexibility index (Phi) is 3.46. The number of nitrogens with zero attached hydrogens (tertiary/aromatic N) is 1. The summed E-state index contributed by atoms with van der Waals surface area (Å²) in [6, 6.07) is 4.52. The number of rotatable bonds is 5. The van der Waals surface area contributed by atoms with Gasteiger partial charge in [0.25, 0.3) is 0 Å². The van der Waals surface area contributed by atoms with Crippen LogP contribution < -0.4 is 5.32 Å². The molecular formula is C15H20N2OS. The van der Waals surface area contributed by atoms with Gasteiger partial charge in [-0.15, -0.1) is 11.3 Å². The first-order valence-corrected chi connectivity index (χ1v) is 7.80. The van der Waals surface area contributed by atoms with Crippen molar-refractivity contribution in [1.82, 2.24) is 10.3 Å². The van der Waals surface area contributed by atoms with Crippen molar-refractivity contribution in [2.75, 3.05) is 6.54 Å². The van der Waals surface area contributed by atoms with Crippen LogP contribution in [0, 0.1) is 5.92 Å². The lowest BCUT2D eigenvalue weighted by molar-refractivity contribution is 0.518. The lowest BCUT2D eigenvalue weighted by Crippen LogP contribution is -2.16. The second-order valence-electron chi connectivity index (χ2n) is 5.37. The first-order chi connectivity index (χ1) is 9.19. The Morgan fingerprint density at radius 1 is 1.53 bits per heavy atom. The molecule has 19 heavy (non-hydrogen) atoms. The second-order valence-corrected chi connectivity index (χ2v) is 6.43. The highest BCUT2D eigenvalue weighted by atomic mass is 32.1. The average Bonchev–Trinajstić information content (AvgIpc) is 2.89. The zero-order valence-corrected chi connectivity index (χ0v) is 12.5. The van der Waals surface area contributed by atoms with Crippen molar-refractivity contribution in [2.45, 2.75) is 39.2 Å². The van der Waals surface area contributed by atoms with Gasteiger partial charge in [0.1, 0.15) is 5.76 Å². The number of hydrogen-bond acceptors (Lipinski definition) is 4. The minimum atomic E-state index is 0.356. The molecular weight excluding hydrogens is 256 g/mol. The van der Waals surface area contributed by atoms with E-state index in [1.165, 1.54) is 11.3 Å².